The number of carbonyl (C=O) groups is 2. The third-order valence-electron chi connectivity index (χ3n) is 5.66. The first kappa shape index (κ1) is 17.7. The van der Waals surface area contributed by atoms with Gasteiger partial charge in [-0.05, 0) is 37.1 Å². The van der Waals surface area contributed by atoms with Crippen LogP contribution >= 0.6 is 0 Å². The molecule has 5 heteroatoms. The summed E-state index contributed by atoms with van der Waals surface area (Å²) in [6.45, 7) is 7.22. The number of piperazine rings is 1. The molecular weight excluding hydrogens is 338 g/mol. The van der Waals surface area contributed by atoms with E-state index in [9.17, 15) is 9.59 Å². The van der Waals surface area contributed by atoms with Crippen LogP contribution in [0, 0.1) is 13.8 Å². The van der Waals surface area contributed by atoms with Crippen molar-refractivity contribution >= 4 is 23.2 Å². The van der Waals surface area contributed by atoms with E-state index in [0.29, 0.717) is 0 Å². The predicted octanol–water partition coefficient (Wildman–Crippen LogP) is 2.76. The Morgan fingerprint density at radius 2 is 1.44 bits per heavy atom. The van der Waals surface area contributed by atoms with Gasteiger partial charge in [0.25, 0.3) is 5.91 Å². The molecule has 2 aliphatic rings. The average molecular weight is 363 g/mol. The molecule has 2 saturated heterocycles. The lowest BCUT2D eigenvalue weighted by Crippen LogP contribution is -2.52. The molecule has 0 N–H and O–H groups in total. The van der Waals surface area contributed by atoms with Crippen LogP contribution in [-0.2, 0) is 9.59 Å². The standard InChI is InChI=1S/C22H25N3O2/c1-16-7-6-8-17(2)21(16)25-20(26)15-19(22(25)27)24-13-11-23(12-14-24)18-9-4-3-5-10-18/h3-10,19H,11-15H2,1-2H3/t19-/m0/s1. The first-order valence-electron chi connectivity index (χ1n) is 9.53. The summed E-state index contributed by atoms with van der Waals surface area (Å²) in [7, 11) is 0. The summed E-state index contributed by atoms with van der Waals surface area (Å²) in [5, 5.41) is 0. The van der Waals surface area contributed by atoms with Crippen molar-refractivity contribution < 1.29 is 9.59 Å². The number of carbonyl (C=O) groups excluding carboxylic acids is 2. The SMILES string of the molecule is Cc1cccc(C)c1N1C(=O)C[C@H](N2CCN(c3ccccc3)CC2)C1=O. The highest BCUT2D eigenvalue weighted by Gasteiger charge is 2.44. The Hall–Kier alpha value is -2.66. The molecule has 140 valence electrons. The van der Waals surface area contributed by atoms with Crippen molar-refractivity contribution in [3.05, 3.63) is 59.7 Å². The number of nitrogens with zero attached hydrogens (tertiary/aromatic N) is 3. The van der Waals surface area contributed by atoms with E-state index in [1.54, 1.807) is 0 Å². The van der Waals surface area contributed by atoms with Gasteiger partial charge in [0, 0.05) is 31.9 Å². The van der Waals surface area contributed by atoms with E-state index in [4.69, 9.17) is 0 Å². The van der Waals surface area contributed by atoms with Gasteiger partial charge < -0.3 is 4.90 Å². The number of para-hydroxylation sites is 2. The van der Waals surface area contributed by atoms with Crippen LogP contribution in [0.25, 0.3) is 0 Å². The average Bonchev–Trinajstić information content (AvgIpc) is 2.97. The summed E-state index contributed by atoms with van der Waals surface area (Å²) in [5.41, 5.74) is 3.90. The minimum Gasteiger partial charge on any atom is -0.369 e. The van der Waals surface area contributed by atoms with Crippen molar-refractivity contribution in [2.24, 2.45) is 0 Å². The van der Waals surface area contributed by atoms with E-state index in [1.165, 1.54) is 10.6 Å². The lowest BCUT2D eigenvalue weighted by atomic mass is 10.1. The zero-order valence-electron chi connectivity index (χ0n) is 15.9. The summed E-state index contributed by atoms with van der Waals surface area (Å²) in [5.74, 6) is -0.168. The Morgan fingerprint density at radius 1 is 0.815 bits per heavy atom. The smallest absolute Gasteiger partial charge is 0.251 e. The molecule has 2 heterocycles. The molecule has 0 radical (unpaired) electrons. The van der Waals surface area contributed by atoms with E-state index >= 15 is 0 Å². The fourth-order valence-electron chi connectivity index (χ4n) is 4.23. The van der Waals surface area contributed by atoms with Gasteiger partial charge in [0.1, 0.15) is 0 Å². The molecule has 4 rings (SSSR count). The summed E-state index contributed by atoms with van der Waals surface area (Å²) in [4.78, 5) is 31.7. The normalized spacial score (nSPS) is 21.2. The topological polar surface area (TPSA) is 43.9 Å². The molecule has 2 aliphatic heterocycles. The predicted molar refractivity (Wildman–Crippen MR) is 107 cm³/mol. The molecule has 0 spiro atoms. The number of imide groups is 1. The molecular formula is C22H25N3O2. The van der Waals surface area contributed by atoms with Gasteiger partial charge in [0.05, 0.1) is 18.2 Å². The molecule has 5 nitrogen and oxygen atoms in total. The lowest BCUT2D eigenvalue weighted by Gasteiger charge is -2.38. The van der Waals surface area contributed by atoms with Gasteiger partial charge in [-0.3, -0.25) is 14.5 Å². The highest BCUT2D eigenvalue weighted by atomic mass is 16.2. The van der Waals surface area contributed by atoms with E-state index in [-0.39, 0.29) is 24.3 Å². The third-order valence-corrected chi connectivity index (χ3v) is 5.66. The Balaban J connectivity index is 1.49. The van der Waals surface area contributed by atoms with E-state index in [0.717, 1.165) is 43.0 Å². The Bertz CT molecular complexity index is 837. The molecule has 0 unspecified atom stereocenters. The monoisotopic (exact) mass is 363 g/mol. The molecule has 2 aromatic rings. The van der Waals surface area contributed by atoms with Crippen molar-refractivity contribution in [2.75, 3.05) is 36.0 Å². The van der Waals surface area contributed by atoms with Gasteiger partial charge in [-0.15, -0.1) is 0 Å². The van der Waals surface area contributed by atoms with Gasteiger partial charge >= 0.3 is 0 Å². The number of hydrogen-bond donors (Lipinski definition) is 0. The van der Waals surface area contributed by atoms with Gasteiger partial charge in [-0.1, -0.05) is 36.4 Å². The zero-order chi connectivity index (χ0) is 19.0. The second kappa shape index (κ2) is 7.16. The van der Waals surface area contributed by atoms with Crippen LogP contribution in [-0.4, -0.2) is 48.9 Å². The first-order valence-corrected chi connectivity index (χ1v) is 9.53. The number of amides is 2. The van der Waals surface area contributed by atoms with Crippen LogP contribution < -0.4 is 9.80 Å². The van der Waals surface area contributed by atoms with E-state index in [1.807, 2.05) is 50.2 Å². The number of anilines is 2. The maximum Gasteiger partial charge on any atom is 0.251 e. The fourth-order valence-corrected chi connectivity index (χ4v) is 4.23. The van der Waals surface area contributed by atoms with Gasteiger partial charge in [0.2, 0.25) is 5.91 Å². The highest BCUT2D eigenvalue weighted by Crippen LogP contribution is 2.31. The second-order valence-corrected chi connectivity index (χ2v) is 7.39. The maximum atomic E-state index is 13.1. The largest absolute Gasteiger partial charge is 0.369 e. The molecule has 0 aromatic heterocycles. The van der Waals surface area contributed by atoms with Gasteiger partial charge in [-0.25, -0.2) is 4.90 Å². The quantitative estimate of drug-likeness (QED) is 0.787. The first-order chi connectivity index (χ1) is 13.1. The molecule has 0 aliphatic carbocycles. The van der Waals surface area contributed by atoms with Crippen LogP contribution in [0.1, 0.15) is 17.5 Å². The molecule has 0 bridgehead atoms. The summed E-state index contributed by atoms with van der Waals surface area (Å²) >= 11 is 0. The Morgan fingerprint density at radius 3 is 2.07 bits per heavy atom. The van der Waals surface area contributed by atoms with Crippen molar-refractivity contribution in [3.8, 4) is 0 Å². The number of aryl methyl sites for hydroxylation is 2. The molecule has 0 saturated carbocycles. The maximum absolute atomic E-state index is 13.1. The molecule has 1 atom stereocenters. The Kier molecular flexibility index (Phi) is 4.70. The van der Waals surface area contributed by atoms with Crippen molar-refractivity contribution in [3.63, 3.8) is 0 Å². The number of benzene rings is 2. The summed E-state index contributed by atoms with van der Waals surface area (Å²) in [6.07, 6.45) is 0.276. The highest BCUT2D eigenvalue weighted by molar-refractivity contribution is 6.23. The molecule has 2 fully saturated rings. The number of hydrogen-bond acceptors (Lipinski definition) is 4. The van der Waals surface area contributed by atoms with Crippen LogP contribution in [0.4, 0.5) is 11.4 Å². The fraction of sp³-hybridized carbons (Fsp3) is 0.364. The van der Waals surface area contributed by atoms with Crippen molar-refractivity contribution in [2.45, 2.75) is 26.3 Å². The molecule has 27 heavy (non-hydrogen) atoms. The zero-order valence-corrected chi connectivity index (χ0v) is 15.9. The summed E-state index contributed by atoms with van der Waals surface area (Å²) in [6, 6.07) is 15.9. The lowest BCUT2D eigenvalue weighted by molar-refractivity contribution is -0.123. The van der Waals surface area contributed by atoms with E-state index in [2.05, 4.69) is 21.9 Å². The third kappa shape index (κ3) is 3.23. The molecule has 2 amide bonds. The Labute approximate surface area is 160 Å². The van der Waals surface area contributed by atoms with Crippen molar-refractivity contribution in [1.29, 1.82) is 0 Å². The van der Waals surface area contributed by atoms with Crippen LogP contribution in [0.15, 0.2) is 48.5 Å². The van der Waals surface area contributed by atoms with Gasteiger partial charge in [-0.2, -0.15) is 0 Å². The second-order valence-electron chi connectivity index (χ2n) is 7.39. The van der Waals surface area contributed by atoms with Gasteiger partial charge in [0.15, 0.2) is 0 Å². The van der Waals surface area contributed by atoms with Crippen LogP contribution in [0.5, 0.6) is 0 Å². The minimum atomic E-state index is -0.338. The molecule has 2 aromatic carbocycles. The number of rotatable bonds is 3. The van der Waals surface area contributed by atoms with Crippen LogP contribution in [0.2, 0.25) is 0 Å². The van der Waals surface area contributed by atoms with Crippen molar-refractivity contribution in [1.82, 2.24) is 4.90 Å². The van der Waals surface area contributed by atoms with Crippen LogP contribution in [0.3, 0.4) is 0 Å². The van der Waals surface area contributed by atoms with E-state index < -0.39 is 0 Å². The summed E-state index contributed by atoms with van der Waals surface area (Å²) < 4.78 is 0. The minimum absolute atomic E-state index is 0.0782.